The molecule has 0 aromatic carbocycles. The van der Waals surface area contributed by atoms with Gasteiger partial charge in [0.1, 0.15) is 10.6 Å². The predicted octanol–water partition coefficient (Wildman–Crippen LogP) is 0.266. The van der Waals surface area contributed by atoms with E-state index in [9.17, 15) is 13.2 Å². The summed E-state index contributed by atoms with van der Waals surface area (Å²) in [5, 5.41) is 6.65. The molecule has 0 aliphatic carbocycles. The summed E-state index contributed by atoms with van der Waals surface area (Å²) in [7, 11) is -1.65. The van der Waals surface area contributed by atoms with Crippen LogP contribution in [-0.2, 0) is 14.8 Å². The number of likely N-dealkylation sites (N-methyl/N-ethyl adjacent to an activating group) is 1. The van der Waals surface area contributed by atoms with E-state index in [2.05, 4.69) is 15.4 Å². The van der Waals surface area contributed by atoms with Gasteiger partial charge in [0.25, 0.3) is 0 Å². The van der Waals surface area contributed by atoms with E-state index in [4.69, 9.17) is 4.52 Å². The Kier molecular flexibility index (Phi) is 4.43. The lowest BCUT2D eigenvalue weighted by molar-refractivity contribution is -0.121. The first-order valence-corrected chi connectivity index (χ1v) is 9.61. The van der Waals surface area contributed by atoms with Gasteiger partial charge in [-0.1, -0.05) is 5.16 Å². The summed E-state index contributed by atoms with van der Waals surface area (Å²) in [6.45, 7) is 5.27. The molecule has 1 amide bonds. The number of nitrogens with zero attached hydrogens (tertiary/aromatic N) is 3. The van der Waals surface area contributed by atoms with Crippen LogP contribution in [0.2, 0.25) is 0 Å². The summed E-state index contributed by atoms with van der Waals surface area (Å²) < 4.78 is 32.8. The summed E-state index contributed by atoms with van der Waals surface area (Å²) in [5.41, 5.74) is 0.0712. The van der Waals surface area contributed by atoms with E-state index in [1.54, 1.807) is 13.8 Å². The summed E-state index contributed by atoms with van der Waals surface area (Å²) in [5.74, 6) is 0.351. The zero-order valence-electron chi connectivity index (χ0n) is 14.3. The van der Waals surface area contributed by atoms with Gasteiger partial charge in [-0.15, -0.1) is 0 Å². The number of aryl methyl sites for hydroxylation is 2. The molecule has 1 unspecified atom stereocenters. The Morgan fingerprint density at radius 2 is 2.00 bits per heavy atom. The Morgan fingerprint density at radius 3 is 2.67 bits per heavy atom. The maximum Gasteiger partial charge on any atom is 0.248 e. The molecule has 24 heavy (non-hydrogen) atoms. The van der Waals surface area contributed by atoms with Crippen LogP contribution in [0, 0.1) is 13.8 Å². The molecule has 1 N–H and O–H groups in total. The van der Waals surface area contributed by atoms with Crippen molar-refractivity contribution >= 4 is 15.9 Å². The van der Waals surface area contributed by atoms with Gasteiger partial charge >= 0.3 is 0 Å². The largest absolute Gasteiger partial charge is 0.360 e. The van der Waals surface area contributed by atoms with Crippen LogP contribution in [0.4, 0.5) is 0 Å². The molecule has 0 radical (unpaired) electrons. The molecular formula is C15H24N4O4S. The van der Waals surface area contributed by atoms with Gasteiger partial charge in [-0.2, -0.15) is 4.31 Å². The molecule has 3 rings (SSSR count). The molecule has 1 spiro atoms. The van der Waals surface area contributed by atoms with Gasteiger partial charge in [0.2, 0.25) is 15.9 Å². The highest BCUT2D eigenvalue weighted by Gasteiger charge is 2.45. The van der Waals surface area contributed by atoms with Crippen molar-refractivity contribution in [1.82, 2.24) is 19.7 Å². The molecule has 3 heterocycles. The SMILES string of the molecule is Cc1noc(C)c1S(=O)(=O)N1CCN(C)C2(CCNC(=O)CC2)C1. The number of rotatable bonds is 2. The van der Waals surface area contributed by atoms with Crippen LogP contribution in [0.15, 0.2) is 9.42 Å². The second kappa shape index (κ2) is 6.12. The average Bonchev–Trinajstić information content (AvgIpc) is 2.75. The number of amides is 1. The first-order valence-electron chi connectivity index (χ1n) is 8.17. The van der Waals surface area contributed by atoms with Crippen molar-refractivity contribution < 1.29 is 17.7 Å². The van der Waals surface area contributed by atoms with E-state index in [-0.39, 0.29) is 16.3 Å². The molecule has 9 heteroatoms. The highest BCUT2D eigenvalue weighted by Crippen LogP contribution is 2.34. The molecular weight excluding hydrogens is 332 g/mol. The number of piperazine rings is 1. The van der Waals surface area contributed by atoms with Crippen molar-refractivity contribution in [2.75, 3.05) is 33.2 Å². The minimum atomic E-state index is -3.66. The van der Waals surface area contributed by atoms with E-state index < -0.39 is 10.0 Å². The molecule has 1 aromatic heterocycles. The Hall–Kier alpha value is -1.45. The molecule has 2 aliphatic heterocycles. The number of carbonyl (C=O) groups excluding carboxylic acids is 1. The maximum atomic E-state index is 13.1. The summed E-state index contributed by atoms with van der Waals surface area (Å²) in [4.78, 5) is 14.1. The molecule has 1 atom stereocenters. The monoisotopic (exact) mass is 356 g/mol. The van der Waals surface area contributed by atoms with Crippen molar-refractivity contribution in [2.24, 2.45) is 0 Å². The van der Waals surface area contributed by atoms with Gasteiger partial charge < -0.3 is 9.84 Å². The second-order valence-corrected chi connectivity index (χ2v) is 8.61. The van der Waals surface area contributed by atoms with E-state index in [1.165, 1.54) is 4.31 Å². The highest BCUT2D eigenvalue weighted by atomic mass is 32.2. The zero-order chi connectivity index (χ0) is 17.5. The Bertz CT molecular complexity index is 725. The van der Waals surface area contributed by atoms with Crippen molar-refractivity contribution in [1.29, 1.82) is 0 Å². The fourth-order valence-electron chi connectivity index (χ4n) is 3.74. The third-order valence-electron chi connectivity index (χ3n) is 5.26. The standard InChI is InChI=1S/C15H24N4O4S/c1-11-14(12(2)23-17-11)24(21,22)19-9-8-18(3)15(10-19)5-4-13(20)16-7-6-15/h4-10H2,1-3H3,(H,16,20). The summed E-state index contributed by atoms with van der Waals surface area (Å²) in [6, 6.07) is 0. The van der Waals surface area contributed by atoms with E-state index >= 15 is 0 Å². The van der Waals surface area contributed by atoms with Crippen molar-refractivity contribution in [3.63, 3.8) is 0 Å². The Morgan fingerprint density at radius 1 is 1.25 bits per heavy atom. The number of hydrogen-bond donors (Lipinski definition) is 1. The number of sulfonamides is 1. The van der Waals surface area contributed by atoms with Crippen LogP contribution < -0.4 is 5.32 Å². The van der Waals surface area contributed by atoms with Crippen LogP contribution in [0.3, 0.4) is 0 Å². The van der Waals surface area contributed by atoms with Gasteiger partial charge in [-0.3, -0.25) is 9.69 Å². The number of hydrogen-bond acceptors (Lipinski definition) is 6. The van der Waals surface area contributed by atoms with Crippen LogP contribution in [-0.4, -0.2) is 67.5 Å². The van der Waals surface area contributed by atoms with Crippen molar-refractivity contribution in [3.05, 3.63) is 11.5 Å². The molecule has 1 aromatic rings. The first-order chi connectivity index (χ1) is 11.3. The number of aromatic nitrogens is 1. The molecule has 2 saturated heterocycles. The van der Waals surface area contributed by atoms with E-state index in [1.807, 2.05) is 7.05 Å². The lowest BCUT2D eigenvalue weighted by atomic mass is 9.87. The highest BCUT2D eigenvalue weighted by molar-refractivity contribution is 7.89. The Labute approximate surface area is 142 Å². The van der Waals surface area contributed by atoms with Crippen LogP contribution >= 0.6 is 0 Å². The molecule has 8 nitrogen and oxygen atoms in total. The van der Waals surface area contributed by atoms with Crippen LogP contribution in [0.25, 0.3) is 0 Å². The normalized spacial score (nSPS) is 27.2. The third kappa shape index (κ3) is 2.84. The topological polar surface area (TPSA) is 95.8 Å². The minimum absolute atomic E-state index is 0.0333. The molecule has 0 saturated carbocycles. The lowest BCUT2D eigenvalue weighted by Crippen LogP contribution is -2.62. The van der Waals surface area contributed by atoms with Gasteiger partial charge in [0, 0.05) is 38.1 Å². The molecule has 2 aliphatic rings. The molecule has 0 bridgehead atoms. The van der Waals surface area contributed by atoms with Crippen molar-refractivity contribution in [2.45, 2.75) is 43.5 Å². The molecule has 134 valence electrons. The Balaban J connectivity index is 1.91. The van der Waals surface area contributed by atoms with Crippen molar-refractivity contribution in [3.8, 4) is 0 Å². The van der Waals surface area contributed by atoms with Crippen LogP contribution in [0.5, 0.6) is 0 Å². The van der Waals surface area contributed by atoms with Gasteiger partial charge in [0.05, 0.1) is 0 Å². The smallest absolute Gasteiger partial charge is 0.248 e. The summed E-state index contributed by atoms with van der Waals surface area (Å²) >= 11 is 0. The third-order valence-corrected chi connectivity index (χ3v) is 7.35. The van der Waals surface area contributed by atoms with Gasteiger partial charge in [-0.05, 0) is 33.7 Å². The predicted molar refractivity (Wildman–Crippen MR) is 87.0 cm³/mol. The van der Waals surface area contributed by atoms with E-state index in [0.29, 0.717) is 50.5 Å². The fourth-order valence-corrected chi connectivity index (χ4v) is 5.54. The van der Waals surface area contributed by atoms with Gasteiger partial charge in [0.15, 0.2) is 5.76 Å². The second-order valence-electron chi connectivity index (χ2n) is 6.74. The lowest BCUT2D eigenvalue weighted by Gasteiger charge is -2.48. The first kappa shape index (κ1) is 17.4. The van der Waals surface area contributed by atoms with E-state index in [0.717, 1.165) is 6.42 Å². The maximum absolute atomic E-state index is 13.1. The van der Waals surface area contributed by atoms with Gasteiger partial charge in [-0.25, -0.2) is 8.42 Å². The quantitative estimate of drug-likeness (QED) is 0.817. The summed E-state index contributed by atoms with van der Waals surface area (Å²) in [6.07, 6.45) is 1.81. The fraction of sp³-hybridized carbons (Fsp3) is 0.733. The average molecular weight is 356 g/mol. The number of carbonyl (C=O) groups is 1. The number of nitrogens with one attached hydrogen (secondary N) is 1. The minimum Gasteiger partial charge on any atom is -0.360 e. The van der Waals surface area contributed by atoms with Crippen LogP contribution in [0.1, 0.15) is 30.7 Å². The zero-order valence-corrected chi connectivity index (χ0v) is 15.1. The molecule has 2 fully saturated rings.